The minimum atomic E-state index is -0.194. The molecule has 1 amide bonds. The quantitative estimate of drug-likeness (QED) is 0.650. The molecule has 11 heavy (non-hydrogen) atoms. The van der Waals surface area contributed by atoms with Gasteiger partial charge in [0.25, 0.3) is 0 Å². The van der Waals surface area contributed by atoms with Crippen molar-refractivity contribution in [2.24, 2.45) is 5.41 Å². The van der Waals surface area contributed by atoms with Gasteiger partial charge < -0.3 is 10.0 Å². The van der Waals surface area contributed by atoms with Crippen LogP contribution in [0.4, 0.5) is 0 Å². The van der Waals surface area contributed by atoms with Crippen molar-refractivity contribution in [1.29, 1.82) is 0 Å². The summed E-state index contributed by atoms with van der Waals surface area (Å²) in [5.41, 5.74) is -0.194. The summed E-state index contributed by atoms with van der Waals surface area (Å²) < 4.78 is 0. The average Bonchev–Trinajstić information content (AvgIpc) is 1.87. The van der Waals surface area contributed by atoms with Gasteiger partial charge in [0.05, 0.1) is 0 Å². The summed E-state index contributed by atoms with van der Waals surface area (Å²) in [5.74, 6) is 0.0338. The fourth-order valence-corrected chi connectivity index (χ4v) is 0.803. The number of hydrogen-bond donors (Lipinski definition) is 1. The van der Waals surface area contributed by atoms with Crippen LogP contribution >= 0.6 is 0 Å². The van der Waals surface area contributed by atoms with Crippen LogP contribution in [0.3, 0.4) is 0 Å². The van der Waals surface area contributed by atoms with Gasteiger partial charge in [0.2, 0.25) is 5.91 Å². The van der Waals surface area contributed by atoms with Crippen molar-refractivity contribution in [3.63, 3.8) is 0 Å². The van der Waals surface area contributed by atoms with Crippen LogP contribution in [-0.4, -0.2) is 36.1 Å². The van der Waals surface area contributed by atoms with E-state index >= 15 is 0 Å². The van der Waals surface area contributed by atoms with E-state index < -0.39 is 0 Å². The van der Waals surface area contributed by atoms with Crippen LogP contribution in [-0.2, 0) is 4.79 Å². The highest BCUT2D eigenvalue weighted by Crippen LogP contribution is 2.14. The lowest BCUT2D eigenvalue weighted by Crippen LogP contribution is -2.36. The third-order valence-electron chi connectivity index (χ3n) is 1.63. The van der Waals surface area contributed by atoms with Crippen molar-refractivity contribution >= 4 is 5.91 Å². The number of amides is 1. The molecule has 0 spiro atoms. The minimum Gasteiger partial charge on any atom is -0.396 e. The molecule has 0 radical (unpaired) electrons. The number of rotatable bonds is 3. The molecule has 0 aliphatic heterocycles. The van der Waals surface area contributed by atoms with E-state index in [0.29, 0.717) is 6.54 Å². The van der Waals surface area contributed by atoms with Gasteiger partial charge in [0.15, 0.2) is 0 Å². The fourth-order valence-electron chi connectivity index (χ4n) is 0.803. The van der Waals surface area contributed by atoms with Gasteiger partial charge in [-0.1, -0.05) is 13.8 Å². The zero-order chi connectivity index (χ0) is 9.07. The van der Waals surface area contributed by atoms with Crippen molar-refractivity contribution in [2.75, 3.05) is 20.2 Å². The van der Waals surface area contributed by atoms with E-state index in [9.17, 15) is 4.79 Å². The van der Waals surface area contributed by atoms with Crippen LogP contribution in [0.5, 0.6) is 0 Å². The largest absolute Gasteiger partial charge is 0.396 e. The Hall–Kier alpha value is -0.570. The molecule has 0 unspecified atom stereocenters. The number of aliphatic hydroxyl groups excluding tert-OH is 1. The minimum absolute atomic E-state index is 0.0338. The fraction of sp³-hybridized carbons (Fsp3) is 0.875. The Kier molecular flexibility index (Phi) is 3.52. The number of carbonyl (C=O) groups excluding carboxylic acids is 1. The van der Waals surface area contributed by atoms with Crippen molar-refractivity contribution in [1.82, 2.24) is 4.90 Å². The first kappa shape index (κ1) is 10.4. The Labute approximate surface area is 68.0 Å². The van der Waals surface area contributed by atoms with Crippen LogP contribution in [0.1, 0.15) is 20.8 Å². The zero-order valence-electron chi connectivity index (χ0n) is 7.72. The summed E-state index contributed by atoms with van der Waals surface area (Å²) >= 11 is 0. The maximum absolute atomic E-state index is 10.8. The maximum atomic E-state index is 10.8. The van der Waals surface area contributed by atoms with E-state index in [2.05, 4.69) is 0 Å². The maximum Gasteiger partial charge on any atom is 0.219 e. The van der Waals surface area contributed by atoms with Gasteiger partial charge in [-0.3, -0.25) is 4.79 Å². The molecule has 0 aromatic carbocycles. The van der Waals surface area contributed by atoms with Crippen LogP contribution in [0.25, 0.3) is 0 Å². The Bertz CT molecular complexity index is 143. The SMILES string of the molecule is CC(=O)N(C)CC(C)(C)CO. The smallest absolute Gasteiger partial charge is 0.219 e. The zero-order valence-corrected chi connectivity index (χ0v) is 7.72. The molecule has 3 nitrogen and oxygen atoms in total. The Morgan fingerprint density at radius 3 is 2.27 bits per heavy atom. The first-order valence-electron chi connectivity index (χ1n) is 3.71. The van der Waals surface area contributed by atoms with E-state index in [-0.39, 0.29) is 17.9 Å². The normalized spacial score (nSPS) is 11.4. The highest BCUT2D eigenvalue weighted by atomic mass is 16.3. The summed E-state index contributed by atoms with van der Waals surface area (Å²) in [6.07, 6.45) is 0. The molecular weight excluding hydrogens is 142 g/mol. The van der Waals surface area contributed by atoms with Crippen molar-refractivity contribution in [3.8, 4) is 0 Å². The van der Waals surface area contributed by atoms with Gasteiger partial charge in [0.1, 0.15) is 0 Å². The molecule has 3 heteroatoms. The van der Waals surface area contributed by atoms with Gasteiger partial charge in [0, 0.05) is 32.5 Å². The molecule has 0 fully saturated rings. The van der Waals surface area contributed by atoms with Crippen LogP contribution in [0.2, 0.25) is 0 Å². The van der Waals surface area contributed by atoms with Gasteiger partial charge >= 0.3 is 0 Å². The molecular formula is C8H17NO2. The molecule has 0 rings (SSSR count). The standard InChI is InChI=1S/C8H17NO2/c1-7(11)9(4)5-8(2,3)6-10/h10H,5-6H2,1-4H3. The van der Waals surface area contributed by atoms with E-state index in [1.165, 1.54) is 6.92 Å². The van der Waals surface area contributed by atoms with Gasteiger partial charge in [-0.15, -0.1) is 0 Å². The summed E-state index contributed by atoms with van der Waals surface area (Å²) in [7, 11) is 1.74. The molecule has 0 bridgehead atoms. The first-order valence-corrected chi connectivity index (χ1v) is 3.71. The lowest BCUT2D eigenvalue weighted by molar-refractivity contribution is -0.129. The van der Waals surface area contributed by atoms with Crippen LogP contribution in [0, 0.1) is 5.41 Å². The van der Waals surface area contributed by atoms with E-state index in [0.717, 1.165) is 0 Å². The lowest BCUT2D eigenvalue weighted by atomic mass is 9.94. The third kappa shape index (κ3) is 3.98. The number of aliphatic hydroxyl groups is 1. The summed E-state index contributed by atoms with van der Waals surface area (Å²) in [6, 6.07) is 0. The molecule has 0 aromatic rings. The topological polar surface area (TPSA) is 40.5 Å². The molecule has 0 aliphatic rings. The Morgan fingerprint density at radius 2 is 2.00 bits per heavy atom. The second-order valence-electron chi connectivity index (χ2n) is 3.70. The average molecular weight is 159 g/mol. The predicted molar refractivity (Wildman–Crippen MR) is 44.2 cm³/mol. The molecule has 0 aromatic heterocycles. The van der Waals surface area contributed by atoms with Crippen molar-refractivity contribution < 1.29 is 9.90 Å². The molecule has 1 N–H and O–H groups in total. The Balaban J connectivity index is 3.93. The number of nitrogens with zero attached hydrogens (tertiary/aromatic N) is 1. The number of hydrogen-bond acceptors (Lipinski definition) is 2. The van der Waals surface area contributed by atoms with E-state index in [1.807, 2.05) is 13.8 Å². The predicted octanol–water partition coefficient (Wildman–Crippen LogP) is 0.483. The van der Waals surface area contributed by atoms with E-state index in [1.54, 1.807) is 11.9 Å². The van der Waals surface area contributed by atoms with Crippen LogP contribution in [0.15, 0.2) is 0 Å². The highest BCUT2D eigenvalue weighted by Gasteiger charge is 2.19. The third-order valence-corrected chi connectivity index (χ3v) is 1.63. The van der Waals surface area contributed by atoms with Crippen molar-refractivity contribution in [3.05, 3.63) is 0 Å². The van der Waals surface area contributed by atoms with Crippen molar-refractivity contribution in [2.45, 2.75) is 20.8 Å². The lowest BCUT2D eigenvalue weighted by Gasteiger charge is -2.27. The summed E-state index contributed by atoms with van der Waals surface area (Å²) in [5, 5.41) is 8.89. The second-order valence-corrected chi connectivity index (χ2v) is 3.70. The molecule has 0 aliphatic carbocycles. The molecule has 0 atom stereocenters. The van der Waals surface area contributed by atoms with Gasteiger partial charge in [-0.05, 0) is 0 Å². The summed E-state index contributed by atoms with van der Waals surface area (Å²) in [6.45, 7) is 6.07. The van der Waals surface area contributed by atoms with Gasteiger partial charge in [-0.2, -0.15) is 0 Å². The molecule has 66 valence electrons. The second kappa shape index (κ2) is 3.72. The number of carbonyl (C=O) groups is 1. The highest BCUT2D eigenvalue weighted by molar-refractivity contribution is 5.72. The van der Waals surface area contributed by atoms with Gasteiger partial charge in [-0.25, -0.2) is 0 Å². The molecule has 0 saturated heterocycles. The van der Waals surface area contributed by atoms with E-state index in [4.69, 9.17) is 5.11 Å². The first-order chi connectivity index (χ1) is 4.89. The van der Waals surface area contributed by atoms with Crippen LogP contribution < -0.4 is 0 Å². The molecule has 0 saturated carbocycles. The molecule has 0 heterocycles. The summed E-state index contributed by atoms with van der Waals surface area (Å²) in [4.78, 5) is 12.4. The Morgan fingerprint density at radius 1 is 1.55 bits per heavy atom. The monoisotopic (exact) mass is 159 g/mol.